The number of pyridine rings is 1. The maximum atomic E-state index is 13.8. The van der Waals surface area contributed by atoms with Crippen molar-refractivity contribution in [1.29, 1.82) is 0 Å². The zero-order chi connectivity index (χ0) is 44.9. The SMILES string of the molecule is O=C(CCCCCC(=O)c1ccc(CNC[C@H](O)c2ccc(O)c3[nH]c(=O)ccc23)cc1)Nc1cccc(C(O)(C(=O)OCC2CCN(Cc3ccccc3)CC2)c2ccccc2)c1. The molecular formula is C52H56N4O8. The summed E-state index contributed by atoms with van der Waals surface area (Å²) in [5, 5.41) is 39.8. The molecule has 1 fully saturated rings. The number of ketones is 1. The third-order valence-corrected chi connectivity index (χ3v) is 12.0. The van der Waals surface area contributed by atoms with Crippen LogP contribution in [0.2, 0.25) is 0 Å². The minimum absolute atomic E-state index is 0.0158. The largest absolute Gasteiger partial charge is 0.506 e. The number of aromatic nitrogens is 1. The van der Waals surface area contributed by atoms with E-state index in [1.807, 2.05) is 36.4 Å². The van der Waals surface area contributed by atoms with Gasteiger partial charge in [-0.3, -0.25) is 19.3 Å². The van der Waals surface area contributed by atoms with Crippen molar-refractivity contribution < 1.29 is 34.4 Å². The lowest BCUT2D eigenvalue weighted by Crippen LogP contribution is -2.40. The highest BCUT2D eigenvalue weighted by Crippen LogP contribution is 2.34. The normalized spacial score (nSPS) is 14.7. The van der Waals surface area contributed by atoms with Gasteiger partial charge in [-0.05, 0) is 91.2 Å². The minimum atomic E-state index is -2.08. The smallest absolute Gasteiger partial charge is 0.347 e. The number of fused-ring (bicyclic) bond motifs is 1. The summed E-state index contributed by atoms with van der Waals surface area (Å²) in [6.45, 7) is 3.59. The number of phenols is 1. The molecule has 0 radical (unpaired) electrons. The number of aliphatic hydroxyl groups is 2. The molecule has 1 aromatic heterocycles. The standard InChI is InChI=1S/C52H56N4O8/c57-45(39-21-19-36(20-22-39)32-53-33-47(59)43-23-25-46(58)50-44(43)24-26-49(61)55-50)17-8-3-9-18-48(60)54-42-16-10-15-41(31-42)52(63,40-13-6-2-7-14-40)51(62)64-35-38-27-29-56(30-28-38)34-37-11-4-1-5-12-37/h1-2,4-7,10-16,19-26,31,38,47,53,58-59,63H,3,8-9,17-18,27-30,32-35H2,(H,54,60)(H,55,61)/t47-,52?/m0/s1. The number of ether oxygens (including phenoxy) is 1. The van der Waals surface area contributed by atoms with Gasteiger partial charge in [-0.15, -0.1) is 0 Å². The van der Waals surface area contributed by atoms with E-state index >= 15 is 0 Å². The van der Waals surface area contributed by atoms with Crippen LogP contribution in [0.5, 0.6) is 5.75 Å². The number of piperidine rings is 1. The fourth-order valence-electron chi connectivity index (χ4n) is 8.29. The molecule has 0 bridgehead atoms. The second-order valence-corrected chi connectivity index (χ2v) is 16.6. The molecule has 1 aliphatic heterocycles. The summed E-state index contributed by atoms with van der Waals surface area (Å²) in [5.74, 6) is -0.834. The number of unbranched alkanes of at least 4 members (excludes halogenated alkanes) is 2. The summed E-state index contributed by atoms with van der Waals surface area (Å²) in [4.78, 5) is 56.5. The number of hydrogen-bond donors (Lipinski definition) is 6. The number of benzene rings is 5. The van der Waals surface area contributed by atoms with Gasteiger partial charge in [0.05, 0.1) is 18.2 Å². The number of rotatable bonds is 20. The number of likely N-dealkylation sites (tertiary alicyclic amines) is 1. The van der Waals surface area contributed by atoms with Crippen molar-refractivity contribution in [2.24, 2.45) is 5.92 Å². The van der Waals surface area contributed by atoms with Crippen LogP contribution < -0.4 is 16.2 Å². The number of carbonyl (C=O) groups is 3. The third-order valence-electron chi connectivity index (χ3n) is 12.0. The van der Waals surface area contributed by atoms with E-state index in [2.05, 4.69) is 32.7 Å². The number of esters is 1. The Kier molecular flexibility index (Phi) is 15.5. The summed E-state index contributed by atoms with van der Waals surface area (Å²) < 4.78 is 5.86. The molecule has 1 aliphatic rings. The van der Waals surface area contributed by atoms with Gasteiger partial charge >= 0.3 is 5.97 Å². The number of Topliss-reactive ketones (excluding diaryl/α,β-unsaturated/α-hetero) is 1. The van der Waals surface area contributed by atoms with E-state index in [1.54, 1.807) is 72.8 Å². The van der Waals surface area contributed by atoms with Gasteiger partial charge in [-0.1, -0.05) is 110 Å². The number of phenolic OH excluding ortho intramolecular Hbond substituents is 1. The van der Waals surface area contributed by atoms with Gasteiger partial charge in [0.1, 0.15) is 5.75 Å². The predicted octanol–water partition coefficient (Wildman–Crippen LogP) is 7.52. The van der Waals surface area contributed by atoms with Gasteiger partial charge in [-0.2, -0.15) is 0 Å². The summed E-state index contributed by atoms with van der Waals surface area (Å²) in [5.41, 5.74) is 2.36. The number of anilines is 1. The van der Waals surface area contributed by atoms with Crippen LogP contribution in [0.25, 0.3) is 10.9 Å². The molecule has 6 aromatic rings. The van der Waals surface area contributed by atoms with Gasteiger partial charge in [0.2, 0.25) is 17.1 Å². The van der Waals surface area contributed by atoms with Crippen molar-refractivity contribution in [2.75, 3.05) is 31.6 Å². The quantitative estimate of drug-likeness (QED) is 0.0255. The first kappa shape index (κ1) is 45.6. The first-order chi connectivity index (χ1) is 31.1. The predicted molar refractivity (Wildman–Crippen MR) is 247 cm³/mol. The van der Waals surface area contributed by atoms with Crippen LogP contribution in [-0.2, 0) is 33.0 Å². The fourth-order valence-corrected chi connectivity index (χ4v) is 8.29. The van der Waals surface area contributed by atoms with Gasteiger partial charge in [-0.25, -0.2) is 4.79 Å². The van der Waals surface area contributed by atoms with Gasteiger partial charge in [0.25, 0.3) is 0 Å². The lowest BCUT2D eigenvalue weighted by molar-refractivity contribution is -0.164. The van der Waals surface area contributed by atoms with Crippen LogP contribution in [0.15, 0.2) is 138 Å². The van der Waals surface area contributed by atoms with Gasteiger partial charge in [0.15, 0.2) is 5.78 Å². The topological polar surface area (TPSA) is 181 Å². The molecule has 12 nitrogen and oxygen atoms in total. The van der Waals surface area contributed by atoms with Crippen molar-refractivity contribution in [3.8, 4) is 5.75 Å². The maximum Gasteiger partial charge on any atom is 0.347 e. The molecule has 1 saturated heterocycles. The zero-order valence-electron chi connectivity index (χ0n) is 35.9. The molecule has 2 heterocycles. The van der Waals surface area contributed by atoms with Crippen molar-refractivity contribution in [3.63, 3.8) is 0 Å². The van der Waals surface area contributed by atoms with E-state index in [4.69, 9.17) is 4.74 Å². The van der Waals surface area contributed by atoms with Crippen molar-refractivity contribution >= 4 is 34.3 Å². The van der Waals surface area contributed by atoms with Crippen LogP contribution >= 0.6 is 0 Å². The molecule has 64 heavy (non-hydrogen) atoms. The first-order valence-electron chi connectivity index (χ1n) is 22.0. The Balaban J connectivity index is 0.834. The average molecular weight is 865 g/mol. The Morgan fingerprint density at radius 3 is 2.23 bits per heavy atom. The van der Waals surface area contributed by atoms with E-state index in [0.29, 0.717) is 65.6 Å². The highest BCUT2D eigenvalue weighted by Gasteiger charge is 2.42. The first-order valence-corrected chi connectivity index (χ1v) is 22.0. The van der Waals surface area contributed by atoms with Gasteiger partial charge in [0, 0.05) is 60.7 Å². The minimum Gasteiger partial charge on any atom is -0.506 e. The van der Waals surface area contributed by atoms with E-state index in [9.17, 15) is 34.5 Å². The zero-order valence-corrected chi connectivity index (χ0v) is 35.9. The molecule has 2 atom stereocenters. The van der Waals surface area contributed by atoms with Gasteiger partial charge < -0.3 is 35.7 Å². The summed E-state index contributed by atoms with van der Waals surface area (Å²) in [6, 6.07) is 39.1. The number of nitrogens with one attached hydrogen (secondary N) is 3. The number of carbonyl (C=O) groups excluding carboxylic acids is 3. The Hall–Kier alpha value is -6.44. The molecule has 6 N–H and O–H groups in total. The van der Waals surface area contributed by atoms with E-state index in [1.165, 1.54) is 17.7 Å². The van der Waals surface area contributed by atoms with Crippen LogP contribution in [0.1, 0.15) is 89.2 Å². The molecule has 0 saturated carbocycles. The van der Waals surface area contributed by atoms with E-state index in [-0.39, 0.29) is 54.0 Å². The second-order valence-electron chi connectivity index (χ2n) is 16.6. The Bertz CT molecular complexity index is 2560. The lowest BCUT2D eigenvalue weighted by atomic mass is 9.86. The second kappa shape index (κ2) is 21.8. The van der Waals surface area contributed by atoms with E-state index in [0.717, 1.165) is 38.0 Å². The molecule has 5 aromatic carbocycles. The summed E-state index contributed by atoms with van der Waals surface area (Å²) in [7, 11) is 0. The number of aromatic amines is 1. The molecule has 1 amide bonds. The number of aliphatic hydroxyl groups excluding tert-OH is 1. The van der Waals surface area contributed by atoms with Crippen molar-refractivity contribution in [3.05, 3.63) is 177 Å². The molecule has 332 valence electrons. The monoisotopic (exact) mass is 864 g/mol. The molecule has 7 rings (SSSR count). The van der Waals surface area contributed by atoms with E-state index < -0.39 is 17.7 Å². The number of H-pyrrole nitrogens is 1. The molecular weight excluding hydrogens is 809 g/mol. The summed E-state index contributed by atoms with van der Waals surface area (Å²) in [6.07, 6.45) is 3.37. The van der Waals surface area contributed by atoms with Crippen LogP contribution in [0, 0.1) is 5.92 Å². The number of aromatic hydroxyl groups is 1. The molecule has 1 unspecified atom stereocenters. The third kappa shape index (κ3) is 11.8. The van der Waals surface area contributed by atoms with Crippen LogP contribution in [0.4, 0.5) is 5.69 Å². The number of nitrogens with zero attached hydrogens (tertiary/aromatic N) is 1. The fraction of sp³-hybridized carbons (Fsp3) is 0.308. The Morgan fingerprint density at radius 1 is 0.781 bits per heavy atom. The molecule has 0 aliphatic carbocycles. The van der Waals surface area contributed by atoms with Crippen LogP contribution in [-0.4, -0.2) is 69.1 Å². The highest BCUT2D eigenvalue weighted by molar-refractivity contribution is 5.96. The summed E-state index contributed by atoms with van der Waals surface area (Å²) >= 11 is 0. The molecule has 0 spiro atoms. The average Bonchev–Trinajstić information content (AvgIpc) is 3.32. The Morgan fingerprint density at radius 2 is 1.48 bits per heavy atom. The Labute approximate surface area is 372 Å². The lowest BCUT2D eigenvalue weighted by Gasteiger charge is -2.33. The number of amides is 1. The maximum absolute atomic E-state index is 13.8. The van der Waals surface area contributed by atoms with Crippen LogP contribution in [0.3, 0.4) is 0 Å². The highest BCUT2D eigenvalue weighted by atomic mass is 16.5. The number of hydrogen-bond acceptors (Lipinski definition) is 10. The van der Waals surface area contributed by atoms with Crippen molar-refractivity contribution in [2.45, 2.75) is 69.7 Å². The molecule has 12 heteroatoms. The van der Waals surface area contributed by atoms with Crippen molar-refractivity contribution in [1.82, 2.24) is 15.2 Å².